The molecule has 0 radical (unpaired) electrons. The highest BCUT2D eigenvalue weighted by atomic mass is 32.2. The maximum Gasteiger partial charge on any atom is 0.470 e. The van der Waals surface area contributed by atoms with Crippen molar-refractivity contribution in [1.82, 2.24) is 18.6 Å². The molecular weight excluding hydrogens is 361 g/mol. The molecule has 1 aliphatic rings. The monoisotopic (exact) mass is 381 g/mol. The molecule has 0 unspecified atom stereocenters. The van der Waals surface area contributed by atoms with Gasteiger partial charge < -0.3 is 14.7 Å². The van der Waals surface area contributed by atoms with E-state index in [1.54, 1.807) is 6.07 Å². The first-order chi connectivity index (χ1) is 11.1. The Labute approximate surface area is 140 Å². The van der Waals surface area contributed by atoms with E-state index >= 15 is 0 Å². The zero-order valence-electron chi connectivity index (χ0n) is 13.3. The van der Waals surface area contributed by atoms with Crippen molar-refractivity contribution in [2.24, 2.45) is 0 Å². The topological polar surface area (TPSA) is 136 Å². The lowest BCUT2D eigenvalue weighted by atomic mass is 10.3. The first-order valence-electron chi connectivity index (χ1n) is 7.04. The number of nitrogens with zero attached hydrogens (tertiary/aromatic N) is 5. The zero-order valence-corrected chi connectivity index (χ0v) is 15.0. The number of hydrogen-bond acceptors (Lipinski definition) is 7. The number of phosphoric ester groups is 1. The summed E-state index contributed by atoms with van der Waals surface area (Å²) in [6.07, 6.45) is 1.46. The van der Waals surface area contributed by atoms with Gasteiger partial charge in [-0.1, -0.05) is 0 Å². The predicted octanol–water partition coefficient (Wildman–Crippen LogP) is -0.986. The van der Waals surface area contributed by atoms with E-state index in [0.717, 1.165) is 0 Å². The van der Waals surface area contributed by atoms with Gasteiger partial charge in [-0.15, -0.1) is 0 Å². The van der Waals surface area contributed by atoms with E-state index in [9.17, 15) is 13.0 Å². The average Bonchev–Trinajstić information content (AvgIpc) is 2.52. The third kappa shape index (κ3) is 4.93. The molecule has 1 aromatic rings. The van der Waals surface area contributed by atoms with Crippen molar-refractivity contribution in [3.05, 3.63) is 18.1 Å². The summed E-state index contributed by atoms with van der Waals surface area (Å²) in [6.45, 7) is 1.12. The highest BCUT2D eigenvalue weighted by Crippen LogP contribution is 2.36. The summed E-state index contributed by atoms with van der Waals surface area (Å²) >= 11 is 0. The largest absolute Gasteiger partial charge is 0.470 e. The second-order valence-corrected chi connectivity index (χ2v) is 8.65. The molecule has 11 nitrogen and oxygen atoms in total. The van der Waals surface area contributed by atoms with Crippen molar-refractivity contribution < 1.29 is 27.3 Å². The highest BCUT2D eigenvalue weighted by Gasteiger charge is 2.29. The third-order valence-electron chi connectivity index (χ3n) is 3.40. The normalized spacial score (nSPS) is 17.5. The minimum absolute atomic E-state index is 0.138. The highest BCUT2D eigenvalue weighted by molar-refractivity contribution is 7.86. The standard InChI is InChI=1S/C11H20N5O6PS/c1-14(2)24(20,21)16-7-5-15(6-8-16)11-3-4-12-10(13-11)9-22-23(17,18)19/h3-4H,5-9H2,1-2H3,(H2,17,18,19). The minimum Gasteiger partial charge on any atom is -0.354 e. The molecule has 0 amide bonds. The molecule has 0 aromatic carbocycles. The molecule has 2 rings (SSSR count). The van der Waals surface area contributed by atoms with E-state index in [0.29, 0.717) is 32.0 Å². The Morgan fingerprint density at radius 3 is 2.46 bits per heavy atom. The van der Waals surface area contributed by atoms with Gasteiger partial charge in [-0.25, -0.2) is 14.5 Å². The second-order valence-electron chi connectivity index (χ2n) is 5.27. The van der Waals surface area contributed by atoms with Crippen LogP contribution < -0.4 is 4.90 Å². The van der Waals surface area contributed by atoms with Crippen molar-refractivity contribution in [1.29, 1.82) is 0 Å². The van der Waals surface area contributed by atoms with Crippen molar-refractivity contribution in [3.63, 3.8) is 0 Å². The van der Waals surface area contributed by atoms with E-state index < -0.39 is 24.6 Å². The van der Waals surface area contributed by atoms with Gasteiger partial charge in [0, 0.05) is 46.5 Å². The Morgan fingerprint density at radius 2 is 1.92 bits per heavy atom. The van der Waals surface area contributed by atoms with Gasteiger partial charge in [0.05, 0.1) is 0 Å². The fourth-order valence-electron chi connectivity index (χ4n) is 2.15. The van der Waals surface area contributed by atoms with Crippen LogP contribution in [0.2, 0.25) is 0 Å². The number of rotatable bonds is 6. The number of aromatic nitrogens is 2. The van der Waals surface area contributed by atoms with Crippen LogP contribution in [0.1, 0.15) is 5.82 Å². The molecule has 24 heavy (non-hydrogen) atoms. The van der Waals surface area contributed by atoms with Crippen LogP contribution in [-0.2, 0) is 25.9 Å². The molecule has 1 saturated heterocycles. The van der Waals surface area contributed by atoms with Crippen LogP contribution in [0.5, 0.6) is 0 Å². The van der Waals surface area contributed by atoms with Crippen molar-refractivity contribution >= 4 is 23.8 Å². The number of anilines is 1. The Morgan fingerprint density at radius 1 is 1.29 bits per heavy atom. The molecule has 2 heterocycles. The summed E-state index contributed by atoms with van der Waals surface area (Å²) in [5.74, 6) is 0.690. The molecule has 0 spiro atoms. The maximum absolute atomic E-state index is 12.1. The summed E-state index contributed by atoms with van der Waals surface area (Å²) in [5.41, 5.74) is 0. The number of piperazine rings is 1. The summed E-state index contributed by atoms with van der Waals surface area (Å²) in [4.78, 5) is 27.4. The molecule has 13 heteroatoms. The van der Waals surface area contributed by atoms with Crippen molar-refractivity contribution in [2.45, 2.75) is 6.61 Å². The summed E-state index contributed by atoms with van der Waals surface area (Å²) in [7, 11) is -5.05. The van der Waals surface area contributed by atoms with Gasteiger partial charge in [0.2, 0.25) is 0 Å². The number of hydrogen-bond donors (Lipinski definition) is 2. The van der Waals surface area contributed by atoms with Crippen LogP contribution in [0.25, 0.3) is 0 Å². The van der Waals surface area contributed by atoms with Crippen LogP contribution >= 0.6 is 7.82 Å². The molecule has 1 aromatic heterocycles. The molecule has 1 fully saturated rings. The Balaban J connectivity index is 2.01. The van der Waals surface area contributed by atoms with Crippen molar-refractivity contribution in [3.8, 4) is 0 Å². The lowest BCUT2D eigenvalue weighted by Gasteiger charge is -2.35. The van der Waals surface area contributed by atoms with E-state index in [4.69, 9.17) is 9.79 Å². The lowest BCUT2D eigenvalue weighted by molar-refractivity contribution is 0.184. The molecule has 0 bridgehead atoms. The molecule has 2 N–H and O–H groups in total. The van der Waals surface area contributed by atoms with E-state index in [-0.39, 0.29) is 5.82 Å². The molecular formula is C11H20N5O6PS. The van der Waals surface area contributed by atoms with Gasteiger partial charge >= 0.3 is 7.82 Å². The molecule has 0 aliphatic carbocycles. The fraction of sp³-hybridized carbons (Fsp3) is 0.636. The van der Waals surface area contributed by atoms with Gasteiger partial charge in [0.1, 0.15) is 12.4 Å². The molecule has 0 atom stereocenters. The van der Waals surface area contributed by atoms with E-state index in [1.807, 2.05) is 4.90 Å². The second kappa shape index (κ2) is 7.40. The fourth-order valence-corrected chi connectivity index (χ4v) is 3.52. The predicted molar refractivity (Wildman–Crippen MR) is 85.3 cm³/mol. The molecule has 1 aliphatic heterocycles. The Kier molecular flexibility index (Phi) is 5.91. The van der Waals surface area contributed by atoms with E-state index in [1.165, 1.54) is 28.9 Å². The van der Waals surface area contributed by atoms with Gasteiger partial charge in [0.15, 0.2) is 5.82 Å². The van der Waals surface area contributed by atoms with Crippen molar-refractivity contribution in [2.75, 3.05) is 45.2 Å². The number of phosphoric acid groups is 1. The van der Waals surface area contributed by atoms with E-state index in [2.05, 4.69) is 14.5 Å². The first kappa shape index (κ1) is 19.2. The average molecular weight is 381 g/mol. The van der Waals surface area contributed by atoms with Gasteiger partial charge in [-0.2, -0.15) is 17.0 Å². The quantitative estimate of drug-likeness (QED) is 0.595. The zero-order chi connectivity index (χ0) is 18.0. The Hall–Kier alpha value is -1.14. The van der Waals surface area contributed by atoms with Crippen LogP contribution in [0.3, 0.4) is 0 Å². The molecule has 136 valence electrons. The summed E-state index contributed by atoms with van der Waals surface area (Å²) in [6, 6.07) is 1.65. The van der Waals surface area contributed by atoms with Gasteiger partial charge in [-0.3, -0.25) is 4.52 Å². The summed E-state index contributed by atoms with van der Waals surface area (Å²) in [5, 5.41) is 0. The van der Waals surface area contributed by atoms with Gasteiger partial charge in [0.25, 0.3) is 10.2 Å². The SMILES string of the molecule is CN(C)S(=O)(=O)N1CCN(c2ccnc(COP(=O)(O)O)n2)CC1. The Bertz CT molecular complexity index is 715. The third-order valence-corrected chi connectivity index (χ3v) is 5.81. The first-order valence-corrected chi connectivity index (χ1v) is 9.97. The van der Waals surface area contributed by atoms with Crippen LogP contribution in [0.15, 0.2) is 12.3 Å². The van der Waals surface area contributed by atoms with Crippen LogP contribution in [0, 0.1) is 0 Å². The van der Waals surface area contributed by atoms with Crippen LogP contribution in [-0.4, -0.2) is 77.1 Å². The lowest BCUT2D eigenvalue weighted by Crippen LogP contribution is -2.51. The summed E-state index contributed by atoms with van der Waals surface area (Å²) < 4.78 is 41.8. The van der Waals surface area contributed by atoms with Crippen LogP contribution in [0.4, 0.5) is 5.82 Å². The maximum atomic E-state index is 12.1. The smallest absolute Gasteiger partial charge is 0.354 e. The minimum atomic E-state index is -4.59. The molecule has 0 saturated carbocycles. The van der Waals surface area contributed by atoms with Gasteiger partial charge in [-0.05, 0) is 6.07 Å².